The van der Waals surface area contributed by atoms with E-state index in [4.69, 9.17) is 21.1 Å². The van der Waals surface area contributed by atoms with Crippen LogP contribution in [0.5, 0.6) is 11.6 Å². The molecule has 0 saturated carbocycles. The van der Waals surface area contributed by atoms with E-state index in [0.717, 1.165) is 0 Å². The molecule has 0 aliphatic carbocycles. The van der Waals surface area contributed by atoms with Crippen LogP contribution >= 0.6 is 11.6 Å². The fourth-order valence-electron chi connectivity index (χ4n) is 2.26. The normalized spacial score (nSPS) is 11.0. The highest BCUT2D eigenvalue weighted by Gasteiger charge is 2.16. The summed E-state index contributed by atoms with van der Waals surface area (Å²) in [6, 6.07) is 8.72. The number of pyridine rings is 1. The third kappa shape index (κ3) is 5.65. The Morgan fingerprint density at radius 2 is 1.86 bits per heavy atom. The summed E-state index contributed by atoms with van der Waals surface area (Å²) in [5.74, 6) is 0.864. The number of nitrogens with one attached hydrogen (secondary N) is 1. The zero-order chi connectivity index (χ0) is 20.1. The van der Waals surface area contributed by atoms with Gasteiger partial charge in [0.15, 0.2) is 0 Å². The molecule has 1 aromatic carbocycles. The number of nitrogens with zero attached hydrogens (tertiary/aromatic N) is 3. The monoisotopic (exact) mass is 398 g/mol. The largest absolute Gasteiger partial charge is 0.444 e. The van der Waals surface area contributed by atoms with Gasteiger partial charge in [-0.15, -0.1) is 0 Å². The Hall–Kier alpha value is -3.19. The molecule has 1 N–H and O–H groups in total. The van der Waals surface area contributed by atoms with E-state index in [2.05, 4.69) is 20.3 Å². The van der Waals surface area contributed by atoms with E-state index in [9.17, 15) is 4.79 Å². The van der Waals surface area contributed by atoms with Gasteiger partial charge in [-0.1, -0.05) is 17.7 Å². The number of hydrogen-bond donors (Lipinski definition) is 1. The second-order valence-electron chi connectivity index (χ2n) is 6.89. The van der Waals surface area contributed by atoms with Gasteiger partial charge in [0, 0.05) is 16.8 Å². The first kappa shape index (κ1) is 19.6. The standard InChI is InChI=1S/C20H19ClN4O3/c1-20(2,3)28-19(26)24-15-7-13(9-22-10-15)17-11-23-12-18(25-17)27-16-6-4-5-14(21)8-16/h4-12H,1-3H3,(H,24,26). The van der Waals surface area contributed by atoms with Crippen molar-refractivity contribution in [3.8, 4) is 22.9 Å². The highest BCUT2D eigenvalue weighted by Crippen LogP contribution is 2.25. The fourth-order valence-corrected chi connectivity index (χ4v) is 2.44. The number of halogens is 1. The van der Waals surface area contributed by atoms with Gasteiger partial charge in [0.05, 0.1) is 30.0 Å². The number of carbonyl (C=O) groups excluding carboxylic acids is 1. The Labute approximate surface area is 167 Å². The number of aromatic nitrogens is 3. The van der Waals surface area contributed by atoms with Gasteiger partial charge in [0.2, 0.25) is 5.88 Å². The summed E-state index contributed by atoms with van der Waals surface area (Å²) in [7, 11) is 0. The number of benzene rings is 1. The van der Waals surface area contributed by atoms with Crippen LogP contribution in [-0.2, 0) is 4.74 Å². The third-order valence-electron chi connectivity index (χ3n) is 3.31. The first-order chi connectivity index (χ1) is 13.3. The minimum Gasteiger partial charge on any atom is -0.444 e. The second-order valence-corrected chi connectivity index (χ2v) is 7.33. The van der Waals surface area contributed by atoms with Gasteiger partial charge in [-0.25, -0.2) is 9.78 Å². The van der Waals surface area contributed by atoms with Crippen molar-refractivity contribution >= 4 is 23.4 Å². The molecule has 0 radical (unpaired) electrons. The summed E-state index contributed by atoms with van der Waals surface area (Å²) >= 11 is 5.97. The predicted molar refractivity (Wildman–Crippen MR) is 107 cm³/mol. The Bertz CT molecular complexity index is 989. The zero-order valence-electron chi connectivity index (χ0n) is 15.6. The van der Waals surface area contributed by atoms with E-state index in [1.807, 2.05) is 0 Å². The van der Waals surface area contributed by atoms with Gasteiger partial charge in [-0.3, -0.25) is 15.3 Å². The number of amides is 1. The SMILES string of the molecule is CC(C)(C)OC(=O)Nc1cncc(-c2cncc(Oc3cccc(Cl)c3)n2)c1. The molecule has 7 nitrogen and oxygen atoms in total. The molecule has 3 aromatic rings. The van der Waals surface area contributed by atoms with E-state index in [1.54, 1.807) is 63.5 Å². The number of hydrogen-bond acceptors (Lipinski definition) is 6. The van der Waals surface area contributed by atoms with Crippen molar-refractivity contribution in [2.45, 2.75) is 26.4 Å². The smallest absolute Gasteiger partial charge is 0.412 e. The quantitative estimate of drug-likeness (QED) is 0.639. The first-order valence-corrected chi connectivity index (χ1v) is 8.87. The second kappa shape index (κ2) is 8.22. The number of ether oxygens (including phenoxy) is 2. The topological polar surface area (TPSA) is 86.2 Å². The Morgan fingerprint density at radius 1 is 1.07 bits per heavy atom. The van der Waals surface area contributed by atoms with E-state index in [-0.39, 0.29) is 0 Å². The molecule has 3 rings (SSSR count). The molecule has 144 valence electrons. The molecule has 8 heteroatoms. The molecule has 2 heterocycles. The molecule has 1 amide bonds. The molecule has 0 aliphatic heterocycles. The molecular formula is C20H19ClN4O3. The molecule has 0 spiro atoms. The summed E-state index contributed by atoms with van der Waals surface area (Å²) in [5.41, 5.74) is 1.10. The average Bonchev–Trinajstić information content (AvgIpc) is 2.60. The Balaban J connectivity index is 1.77. The summed E-state index contributed by atoms with van der Waals surface area (Å²) in [6.45, 7) is 5.38. The van der Waals surface area contributed by atoms with Crippen molar-refractivity contribution in [1.29, 1.82) is 0 Å². The summed E-state index contributed by atoms with van der Waals surface area (Å²) < 4.78 is 10.9. The van der Waals surface area contributed by atoms with E-state index in [1.165, 1.54) is 12.4 Å². The lowest BCUT2D eigenvalue weighted by Crippen LogP contribution is -2.27. The highest BCUT2D eigenvalue weighted by atomic mass is 35.5. The average molecular weight is 399 g/mol. The lowest BCUT2D eigenvalue weighted by atomic mass is 10.2. The van der Waals surface area contributed by atoms with Gasteiger partial charge >= 0.3 is 6.09 Å². The van der Waals surface area contributed by atoms with Gasteiger partial charge in [0.25, 0.3) is 0 Å². The number of carbonyl (C=O) groups is 1. The molecule has 0 fully saturated rings. The Morgan fingerprint density at radius 3 is 2.61 bits per heavy atom. The van der Waals surface area contributed by atoms with Crippen LogP contribution in [0.25, 0.3) is 11.3 Å². The maximum atomic E-state index is 11.9. The van der Waals surface area contributed by atoms with E-state index < -0.39 is 11.7 Å². The lowest BCUT2D eigenvalue weighted by Gasteiger charge is -2.19. The van der Waals surface area contributed by atoms with Gasteiger partial charge in [0.1, 0.15) is 11.4 Å². The van der Waals surface area contributed by atoms with Crippen molar-refractivity contribution < 1.29 is 14.3 Å². The molecule has 0 aliphatic rings. The van der Waals surface area contributed by atoms with E-state index >= 15 is 0 Å². The van der Waals surface area contributed by atoms with Crippen molar-refractivity contribution in [2.24, 2.45) is 0 Å². The van der Waals surface area contributed by atoms with Gasteiger partial charge < -0.3 is 9.47 Å². The van der Waals surface area contributed by atoms with Crippen LogP contribution in [0.2, 0.25) is 5.02 Å². The number of rotatable bonds is 4. The zero-order valence-corrected chi connectivity index (χ0v) is 16.4. The number of anilines is 1. The first-order valence-electron chi connectivity index (χ1n) is 8.49. The molecule has 28 heavy (non-hydrogen) atoms. The predicted octanol–water partition coefficient (Wildman–Crippen LogP) is 5.33. The van der Waals surface area contributed by atoms with Crippen molar-refractivity contribution in [3.63, 3.8) is 0 Å². The maximum Gasteiger partial charge on any atom is 0.412 e. The Kier molecular flexibility index (Phi) is 5.75. The minimum atomic E-state index is -0.591. The highest BCUT2D eigenvalue weighted by molar-refractivity contribution is 6.30. The molecule has 0 bridgehead atoms. The van der Waals surface area contributed by atoms with Crippen LogP contribution in [0, 0.1) is 0 Å². The summed E-state index contributed by atoms with van der Waals surface area (Å²) in [6.07, 6.45) is 5.66. The molecular weight excluding hydrogens is 380 g/mol. The fraction of sp³-hybridized carbons (Fsp3) is 0.200. The summed E-state index contributed by atoms with van der Waals surface area (Å²) in [5, 5.41) is 3.21. The van der Waals surface area contributed by atoms with E-state index in [0.29, 0.717) is 33.6 Å². The third-order valence-corrected chi connectivity index (χ3v) is 3.55. The van der Waals surface area contributed by atoms with Crippen molar-refractivity contribution in [2.75, 3.05) is 5.32 Å². The van der Waals surface area contributed by atoms with Crippen LogP contribution in [-0.4, -0.2) is 26.6 Å². The van der Waals surface area contributed by atoms with Gasteiger partial charge in [-0.05, 0) is 45.0 Å². The van der Waals surface area contributed by atoms with Crippen LogP contribution < -0.4 is 10.1 Å². The van der Waals surface area contributed by atoms with Crippen LogP contribution in [0.4, 0.5) is 10.5 Å². The summed E-state index contributed by atoms with van der Waals surface area (Å²) in [4.78, 5) is 24.7. The van der Waals surface area contributed by atoms with Crippen molar-refractivity contribution in [1.82, 2.24) is 15.0 Å². The maximum absolute atomic E-state index is 11.9. The van der Waals surface area contributed by atoms with Crippen LogP contribution in [0.3, 0.4) is 0 Å². The van der Waals surface area contributed by atoms with Crippen molar-refractivity contribution in [3.05, 3.63) is 60.1 Å². The van der Waals surface area contributed by atoms with Crippen LogP contribution in [0.15, 0.2) is 55.1 Å². The molecule has 2 aromatic heterocycles. The van der Waals surface area contributed by atoms with Crippen LogP contribution in [0.1, 0.15) is 20.8 Å². The molecule has 0 atom stereocenters. The molecule has 0 unspecified atom stereocenters. The lowest BCUT2D eigenvalue weighted by molar-refractivity contribution is 0.0636. The molecule has 0 saturated heterocycles. The van der Waals surface area contributed by atoms with Gasteiger partial charge in [-0.2, -0.15) is 0 Å². The minimum absolute atomic E-state index is 0.310.